The van der Waals surface area contributed by atoms with Crippen LogP contribution in [0.3, 0.4) is 0 Å². The summed E-state index contributed by atoms with van der Waals surface area (Å²) in [6.07, 6.45) is 13.5. The fourth-order valence-corrected chi connectivity index (χ4v) is 6.44. The summed E-state index contributed by atoms with van der Waals surface area (Å²) in [5.41, 5.74) is 0.865. The molecule has 1 saturated heterocycles. The maximum Gasteiger partial charge on any atom is 0.226 e. The number of amides is 1. The van der Waals surface area contributed by atoms with Gasteiger partial charge in [-0.05, 0) is 49.9 Å². The van der Waals surface area contributed by atoms with Gasteiger partial charge in [-0.2, -0.15) is 0 Å². The predicted octanol–water partition coefficient (Wildman–Crippen LogP) is 6.22. The molecule has 2 aliphatic carbocycles. The Kier molecular flexibility index (Phi) is 7.57. The molecule has 6 heteroatoms. The van der Waals surface area contributed by atoms with Gasteiger partial charge in [-0.3, -0.25) is 9.79 Å². The smallest absolute Gasteiger partial charge is 0.226 e. The van der Waals surface area contributed by atoms with E-state index in [9.17, 15) is 4.79 Å². The number of halogens is 1. The fraction of sp³-hybridized carbons (Fsp3) is 0.652. The number of aliphatic imine (C=N–C) groups is 1. The van der Waals surface area contributed by atoms with E-state index >= 15 is 0 Å². The van der Waals surface area contributed by atoms with Gasteiger partial charge in [0, 0.05) is 34.4 Å². The molecule has 1 aliphatic heterocycles. The molecule has 4 nitrogen and oxygen atoms in total. The highest BCUT2D eigenvalue weighted by molar-refractivity contribution is 9.10. The second kappa shape index (κ2) is 10.3. The lowest BCUT2D eigenvalue weighted by Gasteiger charge is -2.37. The number of nitrogens with zero attached hydrogens (tertiary/aromatic N) is 2. The maximum absolute atomic E-state index is 12.8. The van der Waals surface area contributed by atoms with Crippen molar-refractivity contribution in [3.8, 4) is 0 Å². The monoisotopic (exact) mass is 477 g/mol. The van der Waals surface area contributed by atoms with Crippen molar-refractivity contribution in [2.45, 2.75) is 88.8 Å². The van der Waals surface area contributed by atoms with Crippen molar-refractivity contribution < 1.29 is 4.79 Å². The van der Waals surface area contributed by atoms with E-state index in [-0.39, 0.29) is 11.9 Å². The summed E-state index contributed by atoms with van der Waals surface area (Å²) in [7, 11) is 0. The van der Waals surface area contributed by atoms with Crippen LogP contribution in [0, 0.1) is 0 Å². The van der Waals surface area contributed by atoms with Gasteiger partial charge in [0.05, 0.1) is 6.04 Å². The minimum absolute atomic E-state index is 0.109. The Balaban J connectivity index is 1.44. The number of carbonyl (C=O) groups excluding carboxylic acids is 1. The first-order valence-corrected chi connectivity index (χ1v) is 13.0. The van der Waals surface area contributed by atoms with Gasteiger partial charge in [0.15, 0.2) is 5.17 Å². The van der Waals surface area contributed by atoms with Gasteiger partial charge in [0.25, 0.3) is 0 Å². The molecule has 1 aromatic rings. The van der Waals surface area contributed by atoms with Crippen LogP contribution in [0.4, 0.5) is 5.69 Å². The highest BCUT2D eigenvalue weighted by Gasteiger charge is 2.37. The summed E-state index contributed by atoms with van der Waals surface area (Å²) in [5.74, 6) is 1.09. The molecule has 3 fully saturated rings. The first-order valence-electron chi connectivity index (χ1n) is 11.2. The summed E-state index contributed by atoms with van der Waals surface area (Å²) in [5, 5.41) is 4.31. The van der Waals surface area contributed by atoms with Crippen LogP contribution < -0.4 is 5.32 Å². The van der Waals surface area contributed by atoms with E-state index in [1.807, 2.05) is 36.0 Å². The number of nitrogens with one attached hydrogen (secondary N) is 1. The summed E-state index contributed by atoms with van der Waals surface area (Å²) in [4.78, 5) is 20.5. The van der Waals surface area contributed by atoms with Gasteiger partial charge >= 0.3 is 0 Å². The van der Waals surface area contributed by atoms with Crippen molar-refractivity contribution in [3.05, 3.63) is 28.7 Å². The third-order valence-electron chi connectivity index (χ3n) is 6.40. The topological polar surface area (TPSA) is 44.7 Å². The van der Waals surface area contributed by atoms with Gasteiger partial charge in [-0.25, -0.2) is 0 Å². The number of hydrogen-bond acceptors (Lipinski definition) is 3. The van der Waals surface area contributed by atoms with Crippen LogP contribution in [0.1, 0.15) is 70.6 Å². The standard InChI is InChI=1S/C23H32BrN3OS/c24-17-11-13-19(14-12-17)25-22(28)15-21-16-29-23(26-18-7-3-1-4-8-18)27(21)20-9-5-2-6-10-20/h11-14,18,20-21H,1-10,15-16H2,(H,25,28). The van der Waals surface area contributed by atoms with Crippen molar-refractivity contribution in [3.63, 3.8) is 0 Å². The van der Waals surface area contributed by atoms with Crippen LogP contribution in [0.2, 0.25) is 0 Å². The Labute approximate surface area is 187 Å². The number of anilines is 1. The predicted molar refractivity (Wildman–Crippen MR) is 127 cm³/mol. The number of benzene rings is 1. The minimum atomic E-state index is 0.109. The van der Waals surface area contributed by atoms with E-state index in [2.05, 4.69) is 26.1 Å². The molecule has 29 heavy (non-hydrogen) atoms. The Morgan fingerprint density at radius 2 is 1.69 bits per heavy atom. The van der Waals surface area contributed by atoms with Crippen LogP contribution in [0.25, 0.3) is 0 Å². The third-order valence-corrected chi connectivity index (χ3v) is 8.06. The molecule has 3 aliphatic rings. The third kappa shape index (κ3) is 5.78. The molecule has 1 N–H and O–H groups in total. The largest absolute Gasteiger partial charge is 0.344 e. The molecule has 0 radical (unpaired) electrons. The van der Waals surface area contributed by atoms with Crippen molar-refractivity contribution in [2.24, 2.45) is 4.99 Å². The quantitative estimate of drug-likeness (QED) is 0.547. The zero-order valence-electron chi connectivity index (χ0n) is 17.1. The van der Waals surface area contributed by atoms with E-state index in [1.54, 1.807) is 0 Å². The summed E-state index contributed by atoms with van der Waals surface area (Å²) in [6.45, 7) is 0. The van der Waals surface area contributed by atoms with Crippen LogP contribution in [-0.4, -0.2) is 39.9 Å². The van der Waals surface area contributed by atoms with Gasteiger partial charge in [-0.15, -0.1) is 0 Å². The van der Waals surface area contributed by atoms with Crippen molar-refractivity contribution in [2.75, 3.05) is 11.1 Å². The van der Waals surface area contributed by atoms with Crippen LogP contribution in [0.15, 0.2) is 33.7 Å². The van der Waals surface area contributed by atoms with E-state index in [4.69, 9.17) is 4.99 Å². The first kappa shape index (κ1) is 21.2. The highest BCUT2D eigenvalue weighted by atomic mass is 79.9. The zero-order valence-corrected chi connectivity index (χ0v) is 19.5. The van der Waals surface area contributed by atoms with Gasteiger partial charge in [-0.1, -0.05) is 66.2 Å². The van der Waals surface area contributed by atoms with Crippen LogP contribution in [-0.2, 0) is 4.79 Å². The average Bonchev–Trinajstić information content (AvgIpc) is 3.13. The van der Waals surface area contributed by atoms with Crippen LogP contribution >= 0.6 is 27.7 Å². The highest BCUT2D eigenvalue weighted by Crippen LogP contribution is 2.35. The lowest BCUT2D eigenvalue weighted by atomic mass is 9.93. The van der Waals surface area contributed by atoms with Crippen molar-refractivity contribution in [1.29, 1.82) is 0 Å². The molecule has 0 aromatic heterocycles. The molecule has 158 valence electrons. The number of rotatable bonds is 5. The summed E-state index contributed by atoms with van der Waals surface area (Å²) >= 11 is 5.33. The van der Waals surface area contributed by atoms with E-state index in [0.29, 0.717) is 18.5 Å². The molecule has 2 saturated carbocycles. The lowest BCUT2D eigenvalue weighted by Crippen LogP contribution is -2.45. The van der Waals surface area contributed by atoms with E-state index in [1.165, 1.54) is 69.4 Å². The maximum atomic E-state index is 12.8. The number of thioether (sulfide) groups is 1. The Hall–Kier alpha value is -1.01. The number of hydrogen-bond donors (Lipinski definition) is 1. The summed E-state index contributed by atoms with van der Waals surface area (Å²) < 4.78 is 1.02. The van der Waals surface area contributed by atoms with Crippen molar-refractivity contribution in [1.82, 2.24) is 4.90 Å². The lowest BCUT2D eigenvalue weighted by molar-refractivity contribution is -0.117. The summed E-state index contributed by atoms with van der Waals surface area (Å²) in [6, 6.07) is 9.13. The molecule has 0 bridgehead atoms. The second-order valence-corrected chi connectivity index (χ2v) is 10.5. The van der Waals surface area contributed by atoms with E-state index in [0.717, 1.165) is 15.9 Å². The Bertz CT molecular complexity index is 711. The zero-order chi connectivity index (χ0) is 20.1. The second-order valence-electron chi connectivity index (χ2n) is 8.63. The number of amidine groups is 1. The average molecular weight is 479 g/mol. The SMILES string of the molecule is O=C(CC1CSC(=NC2CCCCC2)N1C1CCCCC1)Nc1ccc(Br)cc1. The molecule has 4 rings (SSSR count). The first-order chi connectivity index (χ1) is 14.2. The molecule has 1 atom stereocenters. The molecular weight excluding hydrogens is 446 g/mol. The normalized spacial score (nSPS) is 25.5. The molecule has 1 aromatic carbocycles. The number of carbonyl (C=O) groups is 1. The molecule has 1 unspecified atom stereocenters. The fourth-order valence-electron chi connectivity index (χ4n) is 4.88. The van der Waals surface area contributed by atoms with Gasteiger partial charge in [0.1, 0.15) is 0 Å². The molecule has 1 amide bonds. The van der Waals surface area contributed by atoms with Crippen LogP contribution in [0.5, 0.6) is 0 Å². The minimum Gasteiger partial charge on any atom is -0.344 e. The molecule has 0 spiro atoms. The Morgan fingerprint density at radius 1 is 1.03 bits per heavy atom. The molecule has 1 heterocycles. The Morgan fingerprint density at radius 3 is 2.38 bits per heavy atom. The van der Waals surface area contributed by atoms with E-state index < -0.39 is 0 Å². The van der Waals surface area contributed by atoms with Gasteiger partial charge < -0.3 is 10.2 Å². The van der Waals surface area contributed by atoms with Crippen molar-refractivity contribution >= 4 is 44.5 Å². The molecular formula is C23H32BrN3OS. The van der Waals surface area contributed by atoms with Gasteiger partial charge in [0.2, 0.25) is 5.91 Å².